The molecule has 0 heterocycles. The summed E-state index contributed by atoms with van der Waals surface area (Å²) in [6.07, 6.45) is 2.73. The predicted molar refractivity (Wildman–Crippen MR) is 62.6 cm³/mol. The predicted octanol–water partition coefficient (Wildman–Crippen LogP) is 2.83. The molecule has 2 nitrogen and oxygen atoms in total. The SMILES string of the molecule is CC(C)CC(C)NCCCOC(C)C. The van der Waals surface area contributed by atoms with Crippen LogP contribution in [0.25, 0.3) is 0 Å². The van der Waals surface area contributed by atoms with E-state index in [0.29, 0.717) is 12.1 Å². The summed E-state index contributed by atoms with van der Waals surface area (Å²) in [7, 11) is 0. The lowest BCUT2D eigenvalue weighted by Gasteiger charge is -2.16. The molecule has 1 atom stereocenters. The van der Waals surface area contributed by atoms with Crippen LogP contribution in [0.4, 0.5) is 0 Å². The van der Waals surface area contributed by atoms with Crippen molar-refractivity contribution in [2.24, 2.45) is 5.92 Å². The van der Waals surface area contributed by atoms with Crippen LogP contribution in [0, 0.1) is 5.92 Å². The monoisotopic (exact) mass is 201 g/mol. The number of rotatable bonds is 8. The molecule has 0 aromatic rings. The van der Waals surface area contributed by atoms with Gasteiger partial charge in [0.05, 0.1) is 6.10 Å². The van der Waals surface area contributed by atoms with Crippen molar-refractivity contribution >= 4 is 0 Å². The van der Waals surface area contributed by atoms with E-state index in [1.165, 1.54) is 6.42 Å². The van der Waals surface area contributed by atoms with E-state index in [2.05, 4.69) is 39.9 Å². The molecular formula is C12H27NO. The largest absolute Gasteiger partial charge is 0.379 e. The van der Waals surface area contributed by atoms with Crippen molar-refractivity contribution in [2.45, 2.75) is 59.6 Å². The smallest absolute Gasteiger partial charge is 0.0518 e. The highest BCUT2D eigenvalue weighted by atomic mass is 16.5. The van der Waals surface area contributed by atoms with Crippen LogP contribution in [-0.4, -0.2) is 25.3 Å². The first kappa shape index (κ1) is 13.9. The summed E-state index contributed by atoms with van der Waals surface area (Å²) in [5.74, 6) is 0.782. The minimum absolute atomic E-state index is 0.364. The Bertz CT molecular complexity index is 123. The van der Waals surface area contributed by atoms with Crippen LogP contribution in [0.3, 0.4) is 0 Å². The Balaban J connectivity index is 3.19. The first-order valence-corrected chi connectivity index (χ1v) is 5.87. The molecule has 0 rings (SSSR count). The molecule has 0 aliphatic heterocycles. The molecule has 0 saturated heterocycles. The highest BCUT2D eigenvalue weighted by molar-refractivity contribution is 4.62. The average molecular weight is 201 g/mol. The molecule has 1 unspecified atom stereocenters. The van der Waals surface area contributed by atoms with E-state index >= 15 is 0 Å². The molecule has 0 aromatic heterocycles. The van der Waals surface area contributed by atoms with Gasteiger partial charge >= 0.3 is 0 Å². The highest BCUT2D eigenvalue weighted by Gasteiger charge is 2.03. The van der Waals surface area contributed by atoms with Crippen LogP contribution in [-0.2, 0) is 4.74 Å². The van der Waals surface area contributed by atoms with Gasteiger partial charge in [0.2, 0.25) is 0 Å². The Kier molecular flexibility index (Phi) is 8.20. The number of nitrogens with one attached hydrogen (secondary N) is 1. The Morgan fingerprint density at radius 3 is 2.21 bits per heavy atom. The Morgan fingerprint density at radius 2 is 1.71 bits per heavy atom. The summed E-state index contributed by atoms with van der Waals surface area (Å²) in [6.45, 7) is 12.9. The molecule has 0 aliphatic carbocycles. The van der Waals surface area contributed by atoms with E-state index in [9.17, 15) is 0 Å². The standard InChI is InChI=1S/C12H27NO/c1-10(2)9-12(5)13-7-6-8-14-11(3)4/h10-13H,6-9H2,1-5H3. The lowest BCUT2D eigenvalue weighted by Crippen LogP contribution is -2.29. The fourth-order valence-corrected chi connectivity index (χ4v) is 1.53. The minimum atomic E-state index is 0.364. The minimum Gasteiger partial charge on any atom is -0.379 e. The summed E-state index contributed by atoms with van der Waals surface area (Å²) in [5.41, 5.74) is 0. The van der Waals surface area contributed by atoms with Crippen molar-refractivity contribution in [3.05, 3.63) is 0 Å². The van der Waals surface area contributed by atoms with Crippen molar-refractivity contribution < 1.29 is 4.74 Å². The molecule has 86 valence electrons. The number of ether oxygens (including phenoxy) is 1. The summed E-state index contributed by atoms with van der Waals surface area (Å²) >= 11 is 0. The van der Waals surface area contributed by atoms with Gasteiger partial charge in [-0.05, 0) is 46.1 Å². The first-order chi connectivity index (χ1) is 6.52. The van der Waals surface area contributed by atoms with Gasteiger partial charge in [-0.15, -0.1) is 0 Å². The second kappa shape index (κ2) is 8.25. The molecule has 0 spiro atoms. The normalized spacial score (nSPS) is 13.9. The summed E-state index contributed by atoms with van der Waals surface area (Å²) in [6, 6.07) is 0.633. The van der Waals surface area contributed by atoms with Gasteiger partial charge < -0.3 is 10.1 Å². The summed E-state index contributed by atoms with van der Waals surface area (Å²) < 4.78 is 5.46. The van der Waals surface area contributed by atoms with Crippen molar-refractivity contribution in [1.82, 2.24) is 5.32 Å². The number of hydrogen-bond donors (Lipinski definition) is 1. The van der Waals surface area contributed by atoms with Crippen LogP contribution in [0.2, 0.25) is 0 Å². The Hall–Kier alpha value is -0.0800. The van der Waals surface area contributed by atoms with Crippen LogP contribution < -0.4 is 5.32 Å². The fourth-order valence-electron chi connectivity index (χ4n) is 1.53. The van der Waals surface area contributed by atoms with Gasteiger partial charge in [-0.1, -0.05) is 13.8 Å². The van der Waals surface area contributed by atoms with Gasteiger partial charge in [0.25, 0.3) is 0 Å². The molecule has 0 aliphatic rings. The van der Waals surface area contributed by atoms with Crippen molar-refractivity contribution in [1.29, 1.82) is 0 Å². The maximum absolute atomic E-state index is 5.46. The third-order valence-corrected chi connectivity index (χ3v) is 2.09. The average Bonchev–Trinajstić information content (AvgIpc) is 2.01. The zero-order chi connectivity index (χ0) is 11.0. The molecule has 0 aromatic carbocycles. The van der Waals surface area contributed by atoms with Crippen molar-refractivity contribution in [3.63, 3.8) is 0 Å². The van der Waals surface area contributed by atoms with E-state index in [4.69, 9.17) is 4.74 Å². The van der Waals surface area contributed by atoms with E-state index < -0.39 is 0 Å². The topological polar surface area (TPSA) is 21.3 Å². The molecule has 1 N–H and O–H groups in total. The Labute approximate surface area is 89.4 Å². The van der Waals surface area contributed by atoms with E-state index in [-0.39, 0.29) is 0 Å². The van der Waals surface area contributed by atoms with Crippen LogP contribution >= 0.6 is 0 Å². The fraction of sp³-hybridized carbons (Fsp3) is 1.00. The van der Waals surface area contributed by atoms with Crippen molar-refractivity contribution in [2.75, 3.05) is 13.2 Å². The zero-order valence-corrected chi connectivity index (χ0v) is 10.5. The van der Waals surface area contributed by atoms with Crippen LogP contribution in [0.15, 0.2) is 0 Å². The lowest BCUT2D eigenvalue weighted by molar-refractivity contribution is 0.0767. The third kappa shape index (κ3) is 10.0. The first-order valence-electron chi connectivity index (χ1n) is 5.87. The number of hydrogen-bond acceptors (Lipinski definition) is 2. The van der Waals surface area contributed by atoms with Crippen molar-refractivity contribution in [3.8, 4) is 0 Å². The molecular weight excluding hydrogens is 174 g/mol. The van der Waals surface area contributed by atoms with Gasteiger partial charge in [0.1, 0.15) is 0 Å². The van der Waals surface area contributed by atoms with E-state index in [1.807, 2.05) is 0 Å². The molecule has 14 heavy (non-hydrogen) atoms. The highest BCUT2D eigenvalue weighted by Crippen LogP contribution is 2.03. The summed E-state index contributed by atoms with van der Waals surface area (Å²) in [5, 5.41) is 3.51. The molecule has 0 amide bonds. The molecule has 0 fully saturated rings. The third-order valence-electron chi connectivity index (χ3n) is 2.09. The van der Waals surface area contributed by atoms with Gasteiger partial charge in [0.15, 0.2) is 0 Å². The molecule has 0 bridgehead atoms. The molecule has 2 heteroatoms. The Morgan fingerprint density at radius 1 is 1.07 bits per heavy atom. The maximum atomic E-state index is 5.46. The van der Waals surface area contributed by atoms with Gasteiger partial charge in [0, 0.05) is 12.6 Å². The second-order valence-electron chi connectivity index (χ2n) is 4.76. The van der Waals surface area contributed by atoms with Gasteiger partial charge in [-0.2, -0.15) is 0 Å². The van der Waals surface area contributed by atoms with Gasteiger partial charge in [-0.3, -0.25) is 0 Å². The maximum Gasteiger partial charge on any atom is 0.0518 e. The van der Waals surface area contributed by atoms with Crippen LogP contribution in [0.5, 0.6) is 0 Å². The van der Waals surface area contributed by atoms with Crippen LogP contribution in [0.1, 0.15) is 47.5 Å². The zero-order valence-electron chi connectivity index (χ0n) is 10.5. The van der Waals surface area contributed by atoms with E-state index in [0.717, 1.165) is 25.5 Å². The van der Waals surface area contributed by atoms with Gasteiger partial charge in [-0.25, -0.2) is 0 Å². The second-order valence-corrected chi connectivity index (χ2v) is 4.76. The molecule has 0 radical (unpaired) electrons. The van der Waals surface area contributed by atoms with E-state index in [1.54, 1.807) is 0 Å². The lowest BCUT2D eigenvalue weighted by atomic mass is 10.1. The quantitative estimate of drug-likeness (QED) is 0.610. The molecule has 0 saturated carbocycles. The summed E-state index contributed by atoms with van der Waals surface area (Å²) in [4.78, 5) is 0.